The maximum absolute atomic E-state index is 12.6. The molecule has 2 heterocycles. The molecule has 0 aliphatic carbocycles. The molecular formula is C23H27N5O5. The molecule has 0 saturated carbocycles. The molecule has 4 N–H and O–H groups in total. The Bertz CT molecular complexity index is 1130. The predicted octanol–water partition coefficient (Wildman–Crippen LogP) is 2.79. The first-order chi connectivity index (χ1) is 15.8. The van der Waals surface area contributed by atoms with Crippen LogP contribution in [-0.2, 0) is 9.59 Å². The van der Waals surface area contributed by atoms with E-state index in [2.05, 4.69) is 25.8 Å². The topological polar surface area (TPSA) is 145 Å². The Balaban J connectivity index is 1.65. The van der Waals surface area contributed by atoms with Crippen LogP contribution in [0.3, 0.4) is 0 Å². The van der Waals surface area contributed by atoms with E-state index in [-0.39, 0.29) is 23.9 Å². The Morgan fingerprint density at radius 1 is 1.21 bits per heavy atom. The minimum Gasteiger partial charge on any atom is -0.497 e. The average Bonchev–Trinajstić information content (AvgIpc) is 3.24. The van der Waals surface area contributed by atoms with Crippen molar-refractivity contribution < 1.29 is 24.2 Å². The quantitative estimate of drug-likeness (QED) is 0.248. The van der Waals surface area contributed by atoms with Crippen molar-refractivity contribution >= 4 is 35.4 Å². The Labute approximate surface area is 191 Å². The number of aromatic nitrogens is 1. The van der Waals surface area contributed by atoms with Gasteiger partial charge in [-0.05, 0) is 44.4 Å². The van der Waals surface area contributed by atoms with E-state index in [1.165, 1.54) is 6.21 Å². The molecule has 2 amide bonds. The van der Waals surface area contributed by atoms with E-state index in [4.69, 9.17) is 9.84 Å². The van der Waals surface area contributed by atoms with Crippen molar-refractivity contribution in [3.63, 3.8) is 0 Å². The summed E-state index contributed by atoms with van der Waals surface area (Å²) in [6, 6.07) is 5.21. The summed E-state index contributed by atoms with van der Waals surface area (Å²) in [7, 11) is 1.55. The van der Waals surface area contributed by atoms with Gasteiger partial charge in [-0.3, -0.25) is 14.4 Å². The maximum Gasteiger partial charge on any atom is 0.303 e. The molecule has 0 fully saturated rings. The van der Waals surface area contributed by atoms with Crippen LogP contribution in [0.4, 0.5) is 5.69 Å². The number of benzene rings is 1. The molecular weight excluding hydrogens is 426 g/mol. The molecule has 1 aromatic carbocycles. The van der Waals surface area contributed by atoms with Gasteiger partial charge in [0.05, 0.1) is 30.3 Å². The largest absolute Gasteiger partial charge is 0.497 e. The van der Waals surface area contributed by atoms with Gasteiger partial charge in [0.2, 0.25) is 0 Å². The van der Waals surface area contributed by atoms with Crippen molar-refractivity contribution in [2.24, 2.45) is 10.2 Å². The number of aliphatic carboxylic acids is 1. The Morgan fingerprint density at radius 2 is 2.00 bits per heavy atom. The van der Waals surface area contributed by atoms with Gasteiger partial charge < -0.3 is 25.5 Å². The first-order valence-corrected chi connectivity index (χ1v) is 10.6. The molecule has 0 saturated heterocycles. The van der Waals surface area contributed by atoms with Crippen LogP contribution < -0.4 is 15.4 Å². The summed E-state index contributed by atoms with van der Waals surface area (Å²) in [4.78, 5) is 38.5. The number of nitrogens with zero attached hydrogens (tertiary/aromatic N) is 2. The highest BCUT2D eigenvalue weighted by atomic mass is 16.5. The van der Waals surface area contributed by atoms with E-state index in [9.17, 15) is 14.4 Å². The number of hydrogen-bond donors (Lipinski definition) is 4. The number of carbonyl (C=O) groups is 3. The molecule has 33 heavy (non-hydrogen) atoms. The van der Waals surface area contributed by atoms with Gasteiger partial charge >= 0.3 is 5.97 Å². The normalized spacial score (nSPS) is 13.9. The summed E-state index contributed by atoms with van der Waals surface area (Å²) in [5, 5.41) is 22.4. The highest BCUT2D eigenvalue weighted by molar-refractivity contribution is 6.53. The molecule has 2 aromatic rings. The lowest BCUT2D eigenvalue weighted by atomic mass is 10.1. The summed E-state index contributed by atoms with van der Waals surface area (Å²) in [5.41, 5.74) is 4.03. The van der Waals surface area contributed by atoms with Gasteiger partial charge in [0.25, 0.3) is 11.8 Å². The zero-order chi connectivity index (χ0) is 24.0. The second-order valence-electron chi connectivity index (χ2n) is 7.68. The number of ether oxygens (including phenoxy) is 1. The number of aromatic amines is 1. The molecule has 1 aliphatic rings. The van der Waals surface area contributed by atoms with Crippen molar-refractivity contribution in [3.8, 4) is 5.75 Å². The summed E-state index contributed by atoms with van der Waals surface area (Å²) < 4.78 is 5.17. The van der Waals surface area contributed by atoms with Gasteiger partial charge in [0, 0.05) is 30.3 Å². The fourth-order valence-electron chi connectivity index (χ4n) is 3.62. The second kappa shape index (κ2) is 10.6. The van der Waals surface area contributed by atoms with Crippen molar-refractivity contribution in [2.75, 3.05) is 19.0 Å². The summed E-state index contributed by atoms with van der Waals surface area (Å²) in [6.45, 7) is 4.08. The number of carboxylic acid groups (broad SMARTS) is 1. The lowest BCUT2D eigenvalue weighted by Crippen LogP contribution is -2.25. The van der Waals surface area contributed by atoms with Gasteiger partial charge in [-0.2, -0.15) is 5.10 Å². The molecule has 0 radical (unpaired) electrons. The number of unbranched alkanes of at least 4 members (excludes halogenated alkanes) is 2. The number of fused-ring (bicyclic) bond motifs is 1. The summed E-state index contributed by atoms with van der Waals surface area (Å²) in [6.07, 6.45) is 3.65. The minimum atomic E-state index is -0.810. The van der Waals surface area contributed by atoms with Crippen LogP contribution in [-0.4, -0.2) is 53.5 Å². The molecule has 10 nitrogen and oxygen atoms in total. The number of carboxylic acids is 1. The molecule has 10 heteroatoms. The molecule has 1 aromatic heterocycles. The van der Waals surface area contributed by atoms with Crippen LogP contribution in [0.25, 0.3) is 0 Å². The first kappa shape index (κ1) is 23.7. The number of hydrogen-bond acceptors (Lipinski definition) is 6. The zero-order valence-corrected chi connectivity index (χ0v) is 18.8. The van der Waals surface area contributed by atoms with Crippen molar-refractivity contribution in [1.82, 2.24) is 10.3 Å². The van der Waals surface area contributed by atoms with E-state index in [1.54, 1.807) is 32.2 Å². The molecule has 0 bridgehead atoms. The van der Waals surface area contributed by atoms with Crippen molar-refractivity contribution in [1.29, 1.82) is 0 Å². The number of H-pyrrole nitrogens is 1. The van der Waals surface area contributed by atoms with Gasteiger partial charge in [0.1, 0.15) is 5.75 Å². The number of nitrogens with one attached hydrogen (secondary N) is 3. The fraction of sp³-hybridized carbons (Fsp3) is 0.348. The van der Waals surface area contributed by atoms with E-state index >= 15 is 0 Å². The number of anilines is 1. The molecule has 0 unspecified atom stereocenters. The van der Waals surface area contributed by atoms with E-state index in [0.29, 0.717) is 53.3 Å². The van der Waals surface area contributed by atoms with Crippen LogP contribution in [0, 0.1) is 13.8 Å². The standard InChI is InChI=1S/C23H27N5O5/c1-13-18(26-14(2)20(13)22(31)24-10-6-4-5-7-19(29)30)12-25-28-21-16-9-8-15(33-3)11-17(16)27-23(21)32/h8-9,11-12,26H,4-7,10H2,1-3H3,(H,24,31)(H,29,30)(H,27,28,32). The Morgan fingerprint density at radius 3 is 2.73 bits per heavy atom. The monoisotopic (exact) mass is 453 g/mol. The third kappa shape index (κ3) is 5.65. The second-order valence-corrected chi connectivity index (χ2v) is 7.68. The van der Waals surface area contributed by atoms with Gasteiger partial charge in [0.15, 0.2) is 5.71 Å². The van der Waals surface area contributed by atoms with Gasteiger partial charge in [-0.15, -0.1) is 5.10 Å². The van der Waals surface area contributed by atoms with Crippen LogP contribution in [0.2, 0.25) is 0 Å². The van der Waals surface area contributed by atoms with Crippen LogP contribution in [0.5, 0.6) is 5.75 Å². The zero-order valence-electron chi connectivity index (χ0n) is 18.8. The van der Waals surface area contributed by atoms with Crippen LogP contribution in [0.15, 0.2) is 28.4 Å². The van der Waals surface area contributed by atoms with Gasteiger partial charge in [-0.1, -0.05) is 6.42 Å². The average molecular weight is 453 g/mol. The summed E-state index contributed by atoms with van der Waals surface area (Å²) in [5.74, 6) is -0.737. The first-order valence-electron chi connectivity index (χ1n) is 10.6. The predicted molar refractivity (Wildman–Crippen MR) is 124 cm³/mol. The molecule has 3 rings (SSSR count). The molecule has 0 spiro atoms. The number of aryl methyl sites for hydroxylation is 1. The third-order valence-corrected chi connectivity index (χ3v) is 5.35. The minimum absolute atomic E-state index is 0.137. The Kier molecular flexibility index (Phi) is 7.60. The Hall–Kier alpha value is -3.95. The van der Waals surface area contributed by atoms with Crippen molar-refractivity contribution in [2.45, 2.75) is 39.5 Å². The lowest BCUT2D eigenvalue weighted by molar-refractivity contribution is -0.137. The lowest BCUT2D eigenvalue weighted by Gasteiger charge is -2.05. The number of rotatable bonds is 10. The SMILES string of the molecule is COc1ccc2c(c1)NC(=O)C2=NN=Cc1[nH]c(C)c(C(=O)NCCCCCC(=O)O)c1C. The van der Waals surface area contributed by atoms with E-state index < -0.39 is 5.97 Å². The highest BCUT2D eigenvalue weighted by Gasteiger charge is 2.26. The fourth-order valence-corrected chi connectivity index (χ4v) is 3.62. The van der Waals surface area contributed by atoms with E-state index in [0.717, 1.165) is 12.0 Å². The highest BCUT2D eigenvalue weighted by Crippen LogP contribution is 2.28. The number of methoxy groups -OCH3 is 1. The third-order valence-electron chi connectivity index (χ3n) is 5.35. The van der Waals surface area contributed by atoms with Crippen molar-refractivity contribution in [3.05, 3.63) is 46.3 Å². The van der Waals surface area contributed by atoms with Crippen LogP contribution in [0.1, 0.15) is 58.6 Å². The number of amides is 2. The number of carbonyl (C=O) groups excluding carboxylic acids is 2. The van der Waals surface area contributed by atoms with E-state index in [1.807, 2.05) is 6.92 Å². The maximum atomic E-state index is 12.6. The summed E-state index contributed by atoms with van der Waals surface area (Å²) >= 11 is 0. The smallest absolute Gasteiger partial charge is 0.303 e. The molecule has 0 atom stereocenters. The van der Waals surface area contributed by atoms with Crippen LogP contribution >= 0.6 is 0 Å². The van der Waals surface area contributed by atoms with Gasteiger partial charge in [-0.25, -0.2) is 0 Å². The molecule has 1 aliphatic heterocycles. The molecule has 174 valence electrons.